The molecule has 78 valence electrons. The van der Waals surface area contributed by atoms with Crippen molar-refractivity contribution in [2.24, 2.45) is 0 Å². The highest BCUT2D eigenvalue weighted by Gasteiger charge is 2.03. The quantitative estimate of drug-likeness (QED) is 0.762. The van der Waals surface area contributed by atoms with Gasteiger partial charge in [0, 0.05) is 23.4 Å². The highest BCUT2D eigenvalue weighted by atomic mass is 79.9. The molecule has 0 saturated heterocycles. The molecule has 14 heavy (non-hydrogen) atoms. The Labute approximate surface area is 99.2 Å². The van der Waals surface area contributed by atoms with E-state index >= 15 is 0 Å². The van der Waals surface area contributed by atoms with Gasteiger partial charge >= 0.3 is 0 Å². The minimum absolute atomic E-state index is 0.684. The molecule has 0 atom stereocenters. The average Bonchev–Trinajstić information content (AvgIpc) is 2.12. The van der Waals surface area contributed by atoms with Gasteiger partial charge in [-0.2, -0.15) is 0 Å². The summed E-state index contributed by atoms with van der Waals surface area (Å²) in [5.74, 6) is 0.684. The van der Waals surface area contributed by atoms with Crippen molar-refractivity contribution in [2.75, 3.05) is 19.5 Å². The van der Waals surface area contributed by atoms with E-state index in [4.69, 9.17) is 11.6 Å². The molecule has 0 radical (unpaired) electrons. The van der Waals surface area contributed by atoms with Crippen LogP contribution in [0.2, 0.25) is 0 Å². The molecule has 1 aromatic carbocycles. The molecule has 0 aliphatic heterocycles. The van der Waals surface area contributed by atoms with E-state index in [1.54, 1.807) is 0 Å². The van der Waals surface area contributed by atoms with Crippen LogP contribution < -0.4 is 0 Å². The van der Waals surface area contributed by atoms with E-state index in [0.717, 1.165) is 17.6 Å². The van der Waals surface area contributed by atoms with E-state index in [1.165, 1.54) is 11.1 Å². The molecule has 1 rings (SSSR count). The van der Waals surface area contributed by atoms with E-state index in [2.05, 4.69) is 53.0 Å². The lowest BCUT2D eigenvalue weighted by Gasteiger charge is -2.16. The van der Waals surface area contributed by atoms with Crippen LogP contribution in [0, 0.1) is 6.92 Å². The van der Waals surface area contributed by atoms with Gasteiger partial charge in [0.15, 0.2) is 0 Å². The molecule has 3 heteroatoms. The van der Waals surface area contributed by atoms with Gasteiger partial charge < -0.3 is 4.90 Å². The summed E-state index contributed by atoms with van der Waals surface area (Å²) in [4.78, 5) is 2.22. The maximum Gasteiger partial charge on any atom is 0.0351 e. The smallest absolute Gasteiger partial charge is 0.0351 e. The summed E-state index contributed by atoms with van der Waals surface area (Å²) in [5, 5.41) is 0. The Morgan fingerprint density at radius 3 is 2.79 bits per heavy atom. The van der Waals surface area contributed by atoms with Crippen molar-refractivity contribution in [2.45, 2.75) is 13.5 Å². The Bertz CT molecular complexity index is 301. The van der Waals surface area contributed by atoms with Gasteiger partial charge in [-0.05, 0) is 37.2 Å². The van der Waals surface area contributed by atoms with Crippen LogP contribution >= 0.6 is 27.5 Å². The van der Waals surface area contributed by atoms with Gasteiger partial charge in [0.05, 0.1) is 0 Å². The largest absolute Gasteiger partial charge is 0.301 e. The molecule has 0 N–H and O–H groups in total. The third-order valence-electron chi connectivity index (χ3n) is 2.22. The first-order valence-corrected chi connectivity index (χ1v) is 5.96. The summed E-state index contributed by atoms with van der Waals surface area (Å²) in [6.07, 6.45) is 0. The first-order valence-electron chi connectivity index (χ1n) is 4.63. The summed E-state index contributed by atoms with van der Waals surface area (Å²) in [7, 11) is 2.09. The first-order chi connectivity index (χ1) is 6.63. The van der Waals surface area contributed by atoms with Crippen molar-refractivity contribution in [3.05, 3.63) is 33.8 Å². The van der Waals surface area contributed by atoms with Gasteiger partial charge in [-0.3, -0.25) is 0 Å². The van der Waals surface area contributed by atoms with Gasteiger partial charge in [0.2, 0.25) is 0 Å². The van der Waals surface area contributed by atoms with Crippen molar-refractivity contribution < 1.29 is 0 Å². The number of halogens is 2. The molecule has 0 amide bonds. The number of benzene rings is 1. The Balaban J connectivity index is 2.70. The molecule has 0 saturated carbocycles. The predicted octanol–water partition coefficient (Wildman–Crippen LogP) is 3.43. The lowest BCUT2D eigenvalue weighted by molar-refractivity contribution is 0.347. The molecule has 0 heterocycles. The molecular weight excluding hydrogens is 261 g/mol. The average molecular weight is 277 g/mol. The van der Waals surface area contributed by atoms with Crippen molar-refractivity contribution in [3.8, 4) is 0 Å². The molecule has 0 aliphatic carbocycles. The van der Waals surface area contributed by atoms with Crippen molar-refractivity contribution in [3.63, 3.8) is 0 Å². The Hall–Kier alpha value is -0.0500. The SMILES string of the molecule is Cc1ccc(Br)cc1CN(C)CCCl. The third kappa shape index (κ3) is 3.60. The fourth-order valence-corrected chi connectivity index (χ4v) is 2.02. The highest BCUT2D eigenvalue weighted by Crippen LogP contribution is 2.17. The molecular formula is C11H15BrClN. The van der Waals surface area contributed by atoms with Gasteiger partial charge in [0.1, 0.15) is 0 Å². The Kier molecular flexibility index (Phi) is 4.93. The van der Waals surface area contributed by atoms with Crippen molar-refractivity contribution >= 4 is 27.5 Å². The summed E-state index contributed by atoms with van der Waals surface area (Å²) < 4.78 is 1.14. The van der Waals surface area contributed by atoms with Crippen LogP contribution in [0.5, 0.6) is 0 Å². The summed E-state index contributed by atoms with van der Waals surface area (Å²) in [6.45, 7) is 4.02. The zero-order chi connectivity index (χ0) is 10.6. The monoisotopic (exact) mass is 275 g/mol. The maximum absolute atomic E-state index is 5.68. The van der Waals surface area contributed by atoms with Gasteiger partial charge in [-0.25, -0.2) is 0 Å². The van der Waals surface area contributed by atoms with E-state index in [0.29, 0.717) is 5.88 Å². The number of hydrogen-bond acceptors (Lipinski definition) is 1. The number of alkyl halides is 1. The van der Waals surface area contributed by atoms with E-state index in [9.17, 15) is 0 Å². The number of rotatable bonds is 4. The Morgan fingerprint density at radius 2 is 2.14 bits per heavy atom. The molecule has 0 bridgehead atoms. The second kappa shape index (κ2) is 5.74. The van der Waals surface area contributed by atoms with Crippen LogP contribution in [-0.4, -0.2) is 24.4 Å². The molecule has 0 fully saturated rings. The minimum Gasteiger partial charge on any atom is -0.301 e. The fourth-order valence-electron chi connectivity index (χ4n) is 1.32. The van der Waals surface area contributed by atoms with Gasteiger partial charge in [-0.1, -0.05) is 22.0 Å². The maximum atomic E-state index is 5.68. The molecule has 0 aliphatic rings. The normalized spacial score (nSPS) is 10.9. The lowest BCUT2D eigenvalue weighted by Crippen LogP contribution is -2.20. The highest BCUT2D eigenvalue weighted by molar-refractivity contribution is 9.10. The van der Waals surface area contributed by atoms with E-state index < -0.39 is 0 Å². The molecule has 1 aromatic rings. The van der Waals surface area contributed by atoms with Crippen LogP contribution in [0.1, 0.15) is 11.1 Å². The van der Waals surface area contributed by atoms with Crippen molar-refractivity contribution in [1.82, 2.24) is 4.90 Å². The second-order valence-electron chi connectivity index (χ2n) is 3.50. The molecule has 0 spiro atoms. The number of nitrogens with zero attached hydrogens (tertiary/aromatic N) is 1. The summed E-state index contributed by atoms with van der Waals surface area (Å²) in [6, 6.07) is 6.37. The number of aryl methyl sites for hydroxylation is 1. The standard InChI is InChI=1S/C11H15BrClN/c1-9-3-4-11(12)7-10(9)8-14(2)6-5-13/h3-4,7H,5-6,8H2,1-2H3. The summed E-state index contributed by atoms with van der Waals surface area (Å²) in [5.41, 5.74) is 2.68. The predicted molar refractivity (Wildman–Crippen MR) is 65.9 cm³/mol. The lowest BCUT2D eigenvalue weighted by atomic mass is 10.1. The zero-order valence-corrected chi connectivity index (χ0v) is 10.9. The van der Waals surface area contributed by atoms with Crippen LogP contribution in [0.15, 0.2) is 22.7 Å². The van der Waals surface area contributed by atoms with E-state index in [-0.39, 0.29) is 0 Å². The summed E-state index contributed by atoms with van der Waals surface area (Å²) >= 11 is 9.16. The third-order valence-corrected chi connectivity index (χ3v) is 2.88. The molecule has 1 nitrogen and oxygen atoms in total. The van der Waals surface area contributed by atoms with Gasteiger partial charge in [0.25, 0.3) is 0 Å². The van der Waals surface area contributed by atoms with Crippen LogP contribution in [-0.2, 0) is 6.54 Å². The Morgan fingerprint density at radius 1 is 1.43 bits per heavy atom. The van der Waals surface area contributed by atoms with Crippen LogP contribution in [0.25, 0.3) is 0 Å². The van der Waals surface area contributed by atoms with Gasteiger partial charge in [-0.15, -0.1) is 11.6 Å². The van der Waals surface area contributed by atoms with Crippen LogP contribution in [0.4, 0.5) is 0 Å². The first kappa shape index (κ1) is 12.0. The minimum atomic E-state index is 0.684. The van der Waals surface area contributed by atoms with E-state index in [1.807, 2.05) is 0 Å². The fraction of sp³-hybridized carbons (Fsp3) is 0.455. The zero-order valence-electron chi connectivity index (χ0n) is 8.56. The second-order valence-corrected chi connectivity index (χ2v) is 4.79. The van der Waals surface area contributed by atoms with Crippen molar-refractivity contribution in [1.29, 1.82) is 0 Å². The van der Waals surface area contributed by atoms with Crippen LogP contribution in [0.3, 0.4) is 0 Å². The number of hydrogen-bond donors (Lipinski definition) is 0. The topological polar surface area (TPSA) is 3.24 Å². The molecule has 0 unspecified atom stereocenters. The molecule has 0 aromatic heterocycles.